The van der Waals surface area contributed by atoms with Crippen LogP contribution in [0.15, 0.2) is 18.3 Å². The predicted molar refractivity (Wildman–Crippen MR) is 82.7 cm³/mol. The van der Waals surface area contributed by atoms with Crippen molar-refractivity contribution in [3.05, 3.63) is 29.6 Å². The summed E-state index contributed by atoms with van der Waals surface area (Å²) in [5.41, 5.74) is 7.68. The first-order valence-electron chi connectivity index (χ1n) is 7.38. The first-order chi connectivity index (χ1) is 9.36. The van der Waals surface area contributed by atoms with Crippen molar-refractivity contribution < 1.29 is 0 Å². The van der Waals surface area contributed by atoms with Gasteiger partial charge in [-0.15, -0.1) is 0 Å². The highest BCUT2D eigenvalue weighted by molar-refractivity contribution is 5.93. The molecule has 4 heteroatoms. The molecule has 3 N–H and O–H groups in total. The van der Waals surface area contributed by atoms with Crippen molar-refractivity contribution in [2.45, 2.75) is 40.2 Å². The van der Waals surface area contributed by atoms with Gasteiger partial charge in [-0.05, 0) is 55.0 Å². The van der Waals surface area contributed by atoms with Crippen molar-refractivity contribution in [1.82, 2.24) is 9.88 Å². The molecule has 2 heterocycles. The molecule has 1 aliphatic heterocycles. The second kappa shape index (κ2) is 5.92. The van der Waals surface area contributed by atoms with Crippen molar-refractivity contribution in [1.29, 1.82) is 5.41 Å². The fourth-order valence-corrected chi connectivity index (χ4v) is 2.94. The van der Waals surface area contributed by atoms with Crippen LogP contribution in [0.4, 0.5) is 0 Å². The fraction of sp³-hybridized carbons (Fsp3) is 0.625. The number of piperidine rings is 1. The van der Waals surface area contributed by atoms with Gasteiger partial charge in [0.1, 0.15) is 11.5 Å². The second-order valence-corrected chi connectivity index (χ2v) is 6.88. The Labute approximate surface area is 121 Å². The van der Waals surface area contributed by atoms with Crippen LogP contribution in [-0.4, -0.2) is 28.8 Å². The van der Waals surface area contributed by atoms with E-state index in [2.05, 4.69) is 30.7 Å². The number of hydrogen-bond acceptors (Lipinski definition) is 3. The third kappa shape index (κ3) is 3.79. The lowest BCUT2D eigenvalue weighted by Gasteiger charge is -2.38. The number of hydrogen-bond donors (Lipinski definition) is 2. The van der Waals surface area contributed by atoms with Crippen LogP contribution in [0, 0.1) is 16.7 Å². The summed E-state index contributed by atoms with van der Waals surface area (Å²) in [4.78, 5) is 6.60. The second-order valence-electron chi connectivity index (χ2n) is 6.88. The van der Waals surface area contributed by atoms with E-state index < -0.39 is 0 Å². The highest BCUT2D eigenvalue weighted by Gasteiger charge is 2.28. The number of nitrogens with two attached hydrogens (primary N) is 1. The average molecular weight is 274 g/mol. The number of nitrogen functional groups attached to an aromatic ring is 1. The Morgan fingerprint density at radius 1 is 1.40 bits per heavy atom. The van der Waals surface area contributed by atoms with Gasteiger partial charge in [0.05, 0.1) is 0 Å². The maximum atomic E-state index is 7.45. The number of likely N-dealkylation sites (tertiary alicyclic amines) is 1. The van der Waals surface area contributed by atoms with E-state index in [9.17, 15) is 0 Å². The van der Waals surface area contributed by atoms with Gasteiger partial charge in [-0.25, -0.2) is 0 Å². The van der Waals surface area contributed by atoms with Gasteiger partial charge in [-0.1, -0.05) is 20.8 Å². The molecule has 0 unspecified atom stereocenters. The highest BCUT2D eigenvalue weighted by Crippen LogP contribution is 2.34. The molecule has 1 aromatic rings. The van der Waals surface area contributed by atoms with Crippen LogP contribution in [0.5, 0.6) is 0 Å². The number of amidine groups is 1. The standard InChI is InChI=1S/C16H26N4/c1-16(2,3)13-5-8-20(9-6-13)11-12-4-7-19-14(10-12)15(17)18/h4,7,10,13H,5-6,8-9,11H2,1-3H3,(H3,17,18). The molecule has 0 saturated carbocycles. The molecule has 2 rings (SSSR count). The summed E-state index contributed by atoms with van der Waals surface area (Å²) in [5.74, 6) is 0.863. The third-order valence-electron chi connectivity index (χ3n) is 4.32. The van der Waals surface area contributed by atoms with E-state index in [0.29, 0.717) is 11.1 Å². The van der Waals surface area contributed by atoms with E-state index in [-0.39, 0.29) is 5.84 Å². The molecule has 0 aromatic carbocycles. The van der Waals surface area contributed by atoms with Gasteiger partial charge in [0.15, 0.2) is 0 Å². The van der Waals surface area contributed by atoms with Gasteiger partial charge in [0, 0.05) is 12.7 Å². The van der Waals surface area contributed by atoms with Crippen molar-refractivity contribution in [2.24, 2.45) is 17.1 Å². The van der Waals surface area contributed by atoms with E-state index in [0.717, 1.165) is 25.6 Å². The molecule has 4 nitrogen and oxygen atoms in total. The Morgan fingerprint density at radius 3 is 2.60 bits per heavy atom. The predicted octanol–water partition coefficient (Wildman–Crippen LogP) is 2.62. The van der Waals surface area contributed by atoms with Crippen LogP contribution in [0.1, 0.15) is 44.9 Å². The van der Waals surface area contributed by atoms with Crippen molar-refractivity contribution in [3.63, 3.8) is 0 Å². The molecular weight excluding hydrogens is 248 g/mol. The number of rotatable bonds is 3. The first kappa shape index (κ1) is 15.0. The van der Waals surface area contributed by atoms with Crippen LogP contribution in [0.3, 0.4) is 0 Å². The van der Waals surface area contributed by atoms with Gasteiger partial charge in [0.2, 0.25) is 0 Å². The minimum atomic E-state index is 0.0401. The van der Waals surface area contributed by atoms with Gasteiger partial charge < -0.3 is 5.73 Å². The number of nitrogens with zero attached hydrogens (tertiary/aromatic N) is 2. The van der Waals surface area contributed by atoms with Gasteiger partial charge in [-0.2, -0.15) is 0 Å². The van der Waals surface area contributed by atoms with Crippen LogP contribution >= 0.6 is 0 Å². The van der Waals surface area contributed by atoms with E-state index in [4.69, 9.17) is 11.1 Å². The highest BCUT2D eigenvalue weighted by atomic mass is 15.1. The topological polar surface area (TPSA) is 66.0 Å². The van der Waals surface area contributed by atoms with Crippen molar-refractivity contribution >= 4 is 5.84 Å². The quantitative estimate of drug-likeness (QED) is 0.658. The summed E-state index contributed by atoms with van der Waals surface area (Å²) in [7, 11) is 0. The molecule has 110 valence electrons. The maximum absolute atomic E-state index is 7.45. The molecule has 0 aliphatic carbocycles. The number of nitrogens with one attached hydrogen (secondary N) is 1. The minimum Gasteiger partial charge on any atom is -0.382 e. The summed E-state index contributed by atoms with van der Waals surface area (Å²) in [6.45, 7) is 10.3. The molecule has 1 aliphatic rings. The fourth-order valence-electron chi connectivity index (χ4n) is 2.94. The summed E-state index contributed by atoms with van der Waals surface area (Å²) >= 11 is 0. The van der Waals surface area contributed by atoms with Crippen LogP contribution in [0.25, 0.3) is 0 Å². The minimum absolute atomic E-state index is 0.0401. The molecule has 1 fully saturated rings. The smallest absolute Gasteiger partial charge is 0.141 e. The SMILES string of the molecule is CC(C)(C)C1CCN(Cc2ccnc(C(=N)N)c2)CC1. The molecular formula is C16H26N4. The monoisotopic (exact) mass is 274 g/mol. The first-order valence-corrected chi connectivity index (χ1v) is 7.38. The lowest BCUT2D eigenvalue weighted by molar-refractivity contribution is 0.108. The Balaban J connectivity index is 1.93. The molecule has 0 spiro atoms. The lowest BCUT2D eigenvalue weighted by Crippen LogP contribution is -2.37. The molecule has 0 radical (unpaired) electrons. The number of aromatic nitrogens is 1. The van der Waals surface area contributed by atoms with Crippen molar-refractivity contribution in [2.75, 3.05) is 13.1 Å². The maximum Gasteiger partial charge on any atom is 0.141 e. The summed E-state index contributed by atoms with van der Waals surface area (Å²) in [5, 5.41) is 7.45. The zero-order valence-electron chi connectivity index (χ0n) is 12.8. The molecule has 1 aromatic heterocycles. The van der Waals surface area contributed by atoms with Gasteiger partial charge >= 0.3 is 0 Å². The van der Waals surface area contributed by atoms with Crippen molar-refractivity contribution in [3.8, 4) is 0 Å². The zero-order chi connectivity index (χ0) is 14.8. The van der Waals surface area contributed by atoms with Crippen LogP contribution in [-0.2, 0) is 6.54 Å². The Kier molecular flexibility index (Phi) is 4.43. The van der Waals surface area contributed by atoms with Crippen LogP contribution < -0.4 is 5.73 Å². The zero-order valence-corrected chi connectivity index (χ0v) is 12.8. The Morgan fingerprint density at radius 2 is 2.05 bits per heavy atom. The molecule has 0 amide bonds. The van der Waals surface area contributed by atoms with E-state index in [1.807, 2.05) is 12.1 Å². The average Bonchev–Trinajstić information content (AvgIpc) is 2.38. The summed E-state index contributed by atoms with van der Waals surface area (Å²) < 4.78 is 0. The summed E-state index contributed by atoms with van der Waals surface area (Å²) in [6, 6.07) is 3.94. The van der Waals surface area contributed by atoms with E-state index >= 15 is 0 Å². The number of pyridine rings is 1. The third-order valence-corrected chi connectivity index (χ3v) is 4.32. The van der Waals surface area contributed by atoms with Crippen LogP contribution in [0.2, 0.25) is 0 Å². The van der Waals surface area contributed by atoms with E-state index in [1.165, 1.54) is 18.4 Å². The molecule has 0 bridgehead atoms. The normalized spacial score (nSPS) is 18.1. The van der Waals surface area contributed by atoms with Gasteiger partial charge in [-0.3, -0.25) is 15.3 Å². The van der Waals surface area contributed by atoms with Gasteiger partial charge in [0.25, 0.3) is 0 Å². The summed E-state index contributed by atoms with van der Waals surface area (Å²) in [6.07, 6.45) is 4.29. The Hall–Kier alpha value is -1.42. The molecule has 20 heavy (non-hydrogen) atoms. The molecule has 1 saturated heterocycles. The lowest BCUT2D eigenvalue weighted by atomic mass is 9.75. The Bertz CT molecular complexity index is 468. The van der Waals surface area contributed by atoms with E-state index in [1.54, 1.807) is 6.20 Å². The molecule has 0 atom stereocenters. The largest absolute Gasteiger partial charge is 0.382 e.